The Morgan fingerprint density at radius 3 is 1.30 bits per heavy atom. The van der Waals surface area contributed by atoms with Gasteiger partial charge in [0.2, 0.25) is 0 Å². The molecule has 0 aromatic heterocycles. The summed E-state index contributed by atoms with van der Waals surface area (Å²) >= 11 is 0. The minimum Gasteiger partial charge on any atom is -0.507 e. The molecule has 494 valence electrons. The maximum Gasteiger partial charge on any atom is 0.311 e. The van der Waals surface area contributed by atoms with Gasteiger partial charge in [0.15, 0.2) is 0 Å². The summed E-state index contributed by atoms with van der Waals surface area (Å²) in [5.74, 6) is 7.45. The van der Waals surface area contributed by atoms with Gasteiger partial charge in [-0.3, -0.25) is 29.2 Å². The van der Waals surface area contributed by atoms with Gasteiger partial charge in [-0.25, -0.2) is 0 Å². The number of phenols is 2. The second-order valence-corrected chi connectivity index (χ2v) is 31.7. The van der Waals surface area contributed by atoms with E-state index in [0.29, 0.717) is 33.8 Å². The van der Waals surface area contributed by atoms with Crippen LogP contribution in [0.5, 0.6) is 23.0 Å². The molecule has 0 aliphatic heterocycles. The Balaban J connectivity index is 0.594. The standard InChI is InChI=1S/C78H112N2O10/c1-49(2)13-11-15-51(5)63-25-27-65-61-23-19-55-43-59(33-37-75(55,7)67(61)35-39-77(63,65)9)89-73(85)31-29-71(83)87-57-21-17-53(69(81)45-57)47-79-41-42-80-48-54-18-22-58(46-70(54)82)88-72(84)30-32-74(86)90-60-34-38-76(8)56(44-60)20-24-62-66-28-26-64(52(6)16-12-14-50(3)4)78(66,10)40-36-68(62)76/h17-22,45-52,59-68,81-82H,11-16,23-44H2,1-10H3/t51-,52-,59+,60+,61+,62+,63-,64-,65+,66+,67+,68+,75+,76+,77-,78-/m1/s1. The van der Waals surface area contributed by atoms with Gasteiger partial charge >= 0.3 is 23.9 Å². The smallest absolute Gasteiger partial charge is 0.311 e. The van der Waals surface area contributed by atoms with E-state index in [0.717, 1.165) is 111 Å². The highest BCUT2D eigenvalue weighted by Crippen LogP contribution is 2.69. The summed E-state index contributed by atoms with van der Waals surface area (Å²) in [4.78, 5) is 60.6. The quantitative estimate of drug-likeness (QED) is 0.0321. The van der Waals surface area contributed by atoms with Crippen LogP contribution in [0.2, 0.25) is 0 Å². The lowest BCUT2D eigenvalue weighted by Crippen LogP contribution is -2.51. The highest BCUT2D eigenvalue weighted by Gasteiger charge is 2.61. The SMILES string of the molecule is CC(C)CCC[C@@H](C)[C@H]1CC[C@H]2[C@@H]3CC=C4C[C@@H](OC(=O)CCC(=O)Oc5ccc(C=NCCN=Cc6ccc(OC(=O)CCC(=O)O[C@H]7CC[C@@]8(C)C(=CC[C@H]9[C@@H]%10CC[C@H]([C@H](C)CCCC(C)C)[C@@]%10(C)CC[C@@H]98)C7)cc6O)c(O)c5)CC[C@]4(C)[C@H]3CC[C@]12C. The zero-order chi connectivity index (χ0) is 64.1. The van der Waals surface area contributed by atoms with E-state index in [1.54, 1.807) is 24.3 Å². The number of benzene rings is 2. The van der Waals surface area contributed by atoms with E-state index in [-0.39, 0.29) is 84.8 Å². The molecule has 12 heteroatoms. The van der Waals surface area contributed by atoms with Gasteiger partial charge in [-0.2, -0.15) is 0 Å². The van der Waals surface area contributed by atoms with E-state index in [1.807, 2.05) is 0 Å². The summed E-state index contributed by atoms with van der Waals surface area (Å²) in [6, 6.07) is 9.02. The fourth-order valence-corrected chi connectivity index (χ4v) is 20.6. The van der Waals surface area contributed by atoms with Crippen LogP contribution in [0.15, 0.2) is 69.7 Å². The first-order valence-electron chi connectivity index (χ1n) is 35.8. The number of ether oxygens (including phenoxy) is 4. The Kier molecular flexibility index (Phi) is 21.7. The van der Waals surface area contributed by atoms with Crippen molar-refractivity contribution in [1.82, 2.24) is 0 Å². The molecule has 2 N–H and O–H groups in total. The highest BCUT2D eigenvalue weighted by molar-refractivity contribution is 5.85. The Morgan fingerprint density at radius 1 is 0.511 bits per heavy atom. The van der Waals surface area contributed by atoms with Crippen molar-refractivity contribution < 1.29 is 48.3 Å². The molecule has 2 aromatic rings. The second kappa shape index (κ2) is 28.9. The number of carbonyl (C=O) groups is 4. The lowest BCUT2D eigenvalue weighted by Gasteiger charge is -2.58. The number of hydrogen-bond donors (Lipinski definition) is 2. The molecule has 8 aliphatic carbocycles. The van der Waals surface area contributed by atoms with Crippen LogP contribution >= 0.6 is 0 Å². The predicted molar refractivity (Wildman–Crippen MR) is 357 cm³/mol. The molecule has 0 heterocycles. The van der Waals surface area contributed by atoms with E-state index in [2.05, 4.69) is 91.4 Å². The van der Waals surface area contributed by atoms with Gasteiger partial charge in [-0.05, 0) is 207 Å². The van der Waals surface area contributed by atoms with Crippen LogP contribution < -0.4 is 9.47 Å². The summed E-state index contributed by atoms with van der Waals surface area (Å²) in [5.41, 5.74) is 5.02. The molecule has 0 amide bonds. The number of phenolic OH excluding ortho intramolecular Hbond substituents is 2. The normalized spacial score (nSPS) is 33.4. The maximum atomic E-state index is 13.1. The molecule has 0 spiro atoms. The number of rotatable bonds is 25. The van der Waals surface area contributed by atoms with Crippen LogP contribution in [0.25, 0.3) is 0 Å². The van der Waals surface area contributed by atoms with Gasteiger partial charge in [0, 0.05) is 48.5 Å². The van der Waals surface area contributed by atoms with E-state index in [1.165, 1.54) is 126 Å². The van der Waals surface area contributed by atoms with Crippen molar-refractivity contribution in [3.8, 4) is 23.0 Å². The molecule has 10 rings (SSSR count). The Hall–Kier alpha value is -5.26. The summed E-state index contributed by atoms with van der Waals surface area (Å²) in [6.07, 6.45) is 33.8. The summed E-state index contributed by atoms with van der Waals surface area (Å²) in [5, 5.41) is 21.4. The molecular formula is C78H112N2O10. The fourth-order valence-electron chi connectivity index (χ4n) is 20.6. The first-order valence-corrected chi connectivity index (χ1v) is 35.8. The van der Waals surface area contributed by atoms with E-state index >= 15 is 0 Å². The zero-order valence-electron chi connectivity index (χ0n) is 56.7. The van der Waals surface area contributed by atoms with E-state index in [9.17, 15) is 29.4 Å². The number of allylic oxidation sites excluding steroid dienone is 2. The van der Waals surface area contributed by atoms with Gasteiger partial charge in [-0.1, -0.05) is 131 Å². The number of esters is 4. The monoisotopic (exact) mass is 1240 g/mol. The predicted octanol–water partition coefficient (Wildman–Crippen LogP) is 17.9. The third-order valence-corrected chi connectivity index (χ3v) is 25.5. The number of aromatic hydroxyl groups is 2. The van der Waals surface area contributed by atoms with E-state index in [4.69, 9.17) is 18.9 Å². The number of fused-ring (bicyclic) bond motifs is 10. The lowest BCUT2D eigenvalue weighted by molar-refractivity contribution is -0.154. The molecule has 8 aliphatic rings. The number of nitrogens with zero attached hydrogens (tertiary/aromatic N) is 2. The average molecular weight is 1240 g/mol. The van der Waals surface area contributed by atoms with Crippen molar-refractivity contribution in [3.63, 3.8) is 0 Å². The Morgan fingerprint density at radius 2 is 0.911 bits per heavy atom. The third kappa shape index (κ3) is 15.0. The number of hydrogen-bond acceptors (Lipinski definition) is 12. The van der Waals surface area contributed by atoms with Crippen molar-refractivity contribution in [2.24, 2.45) is 103 Å². The van der Waals surface area contributed by atoms with Crippen LogP contribution in [0.1, 0.15) is 247 Å². The molecule has 0 bridgehead atoms. The molecule has 0 saturated heterocycles. The average Bonchev–Trinajstić information content (AvgIpc) is 1.35. The summed E-state index contributed by atoms with van der Waals surface area (Å²) in [7, 11) is 0. The molecule has 0 unspecified atom stereocenters. The van der Waals surface area contributed by atoms with Gasteiger partial charge in [0.25, 0.3) is 0 Å². The first kappa shape index (κ1) is 67.6. The molecule has 6 fully saturated rings. The summed E-state index contributed by atoms with van der Waals surface area (Å²) in [6.45, 7) is 25.3. The third-order valence-electron chi connectivity index (χ3n) is 25.5. The highest BCUT2D eigenvalue weighted by atomic mass is 16.6. The molecule has 0 radical (unpaired) electrons. The Labute approximate surface area is 540 Å². The van der Waals surface area contributed by atoms with Gasteiger partial charge in [0.05, 0.1) is 38.8 Å². The minimum atomic E-state index is -0.585. The minimum absolute atomic E-state index is 0.0768. The fraction of sp³-hybridized carbons (Fsp3) is 0.718. The van der Waals surface area contributed by atoms with Crippen LogP contribution in [0.3, 0.4) is 0 Å². The number of carbonyl (C=O) groups excluding carboxylic acids is 4. The summed E-state index contributed by atoms with van der Waals surface area (Å²) < 4.78 is 23.0. The maximum absolute atomic E-state index is 13.1. The second-order valence-electron chi connectivity index (χ2n) is 31.7. The lowest BCUT2D eigenvalue weighted by atomic mass is 9.47. The molecular weight excluding hydrogens is 1120 g/mol. The van der Waals surface area contributed by atoms with Crippen molar-refractivity contribution >= 4 is 36.3 Å². The van der Waals surface area contributed by atoms with Crippen molar-refractivity contribution in [2.45, 2.75) is 248 Å². The van der Waals surface area contributed by atoms with Gasteiger partial charge in [0.1, 0.15) is 35.2 Å². The first-order chi connectivity index (χ1) is 43.0. The van der Waals surface area contributed by atoms with Crippen molar-refractivity contribution in [2.75, 3.05) is 13.1 Å². The van der Waals surface area contributed by atoms with Crippen LogP contribution in [0, 0.1) is 92.7 Å². The van der Waals surface area contributed by atoms with Crippen molar-refractivity contribution in [1.29, 1.82) is 0 Å². The molecule has 90 heavy (non-hydrogen) atoms. The van der Waals surface area contributed by atoms with E-state index < -0.39 is 23.9 Å². The van der Waals surface area contributed by atoms with Gasteiger partial charge in [-0.15, -0.1) is 0 Å². The molecule has 16 atom stereocenters. The van der Waals surface area contributed by atoms with Crippen LogP contribution in [-0.2, 0) is 28.7 Å². The van der Waals surface area contributed by atoms with Crippen LogP contribution in [-0.4, -0.2) is 71.8 Å². The van der Waals surface area contributed by atoms with Crippen LogP contribution in [0.4, 0.5) is 0 Å². The molecule has 6 saturated carbocycles. The largest absolute Gasteiger partial charge is 0.507 e. The molecule has 2 aromatic carbocycles. The van der Waals surface area contributed by atoms with Gasteiger partial charge < -0.3 is 29.2 Å². The Bertz CT molecular complexity index is 2800. The topological polar surface area (TPSA) is 170 Å². The number of aliphatic imine (C=N–C) groups is 2. The zero-order valence-corrected chi connectivity index (χ0v) is 56.7. The van der Waals surface area contributed by atoms with Crippen molar-refractivity contribution in [3.05, 3.63) is 70.8 Å². The molecule has 12 nitrogen and oxygen atoms in total.